The maximum atomic E-state index is 12.1. The lowest BCUT2D eigenvalue weighted by atomic mass is 9.94. The van der Waals surface area contributed by atoms with Gasteiger partial charge in [-0.3, -0.25) is 0 Å². The molecule has 0 spiro atoms. The zero-order chi connectivity index (χ0) is 16.1. The van der Waals surface area contributed by atoms with Crippen molar-refractivity contribution in [3.8, 4) is 0 Å². The smallest absolute Gasteiger partial charge is 0.346 e. The molecule has 0 aliphatic heterocycles. The van der Waals surface area contributed by atoms with Gasteiger partial charge in [0.2, 0.25) is 0 Å². The molecular weight excluding hydrogens is 276 g/mol. The van der Waals surface area contributed by atoms with Gasteiger partial charge in [-0.05, 0) is 47.7 Å². The Kier molecular flexibility index (Phi) is 5.10. The summed E-state index contributed by atoms with van der Waals surface area (Å²) in [5.74, 6) is -0.846. The van der Waals surface area contributed by atoms with Crippen molar-refractivity contribution in [3.63, 3.8) is 0 Å². The Morgan fingerprint density at radius 3 is 2.18 bits per heavy atom. The molecular formula is C19H20O3. The minimum Gasteiger partial charge on any atom is -0.386 e. The Morgan fingerprint density at radius 1 is 0.955 bits per heavy atom. The fraction of sp³-hybridized carbons (Fsp3) is 0.263. The second-order valence-electron chi connectivity index (χ2n) is 5.46. The van der Waals surface area contributed by atoms with Crippen LogP contribution in [0.1, 0.15) is 58.5 Å². The molecule has 2 aromatic carbocycles. The molecule has 0 radical (unpaired) electrons. The summed E-state index contributed by atoms with van der Waals surface area (Å²) in [5, 5.41) is 0. The average Bonchev–Trinajstić information content (AvgIpc) is 2.54. The third-order valence-electron chi connectivity index (χ3n) is 3.58. The van der Waals surface area contributed by atoms with E-state index in [0.29, 0.717) is 17.0 Å². The Hall–Kier alpha value is -2.42. The SMILES string of the molecule is CCc1cc(C(=O)OC(=O)c2ccccc2)ccc1C(C)C. The number of hydrogen-bond acceptors (Lipinski definition) is 3. The molecule has 0 aliphatic rings. The van der Waals surface area contributed by atoms with Gasteiger partial charge in [0.05, 0.1) is 11.1 Å². The van der Waals surface area contributed by atoms with Crippen molar-refractivity contribution >= 4 is 11.9 Å². The van der Waals surface area contributed by atoms with Crippen LogP contribution in [0.4, 0.5) is 0 Å². The first-order valence-electron chi connectivity index (χ1n) is 7.47. The van der Waals surface area contributed by atoms with Gasteiger partial charge in [-0.15, -0.1) is 0 Å². The number of benzene rings is 2. The molecule has 3 heteroatoms. The van der Waals surface area contributed by atoms with Gasteiger partial charge >= 0.3 is 11.9 Å². The van der Waals surface area contributed by atoms with Crippen molar-refractivity contribution < 1.29 is 14.3 Å². The largest absolute Gasteiger partial charge is 0.386 e. The van der Waals surface area contributed by atoms with Gasteiger partial charge in [-0.1, -0.05) is 45.0 Å². The quantitative estimate of drug-likeness (QED) is 0.621. The predicted octanol–water partition coefficient (Wildman–Crippen LogP) is 4.37. The minimum absolute atomic E-state index is 0.366. The van der Waals surface area contributed by atoms with Crippen molar-refractivity contribution in [2.24, 2.45) is 0 Å². The highest BCUT2D eigenvalue weighted by atomic mass is 16.6. The van der Waals surface area contributed by atoms with E-state index in [1.165, 1.54) is 5.56 Å². The summed E-state index contributed by atoms with van der Waals surface area (Å²) >= 11 is 0. The number of carbonyl (C=O) groups excluding carboxylic acids is 2. The first-order valence-corrected chi connectivity index (χ1v) is 7.47. The zero-order valence-corrected chi connectivity index (χ0v) is 13.1. The summed E-state index contributed by atoms with van der Waals surface area (Å²) in [6, 6.07) is 14.0. The lowest BCUT2D eigenvalue weighted by Gasteiger charge is -2.12. The first-order chi connectivity index (χ1) is 10.5. The van der Waals surface area contributed by atoms with Crippen molar-refractivity contribution in [2.75, 3.05) is 0 Å². The van der Waals surface area contributed by atoms with E-state index in [2.05, 4.69) is 13.8 Å². The van der Waals surface area contributed by atoms with E-state index in [1.807, 2.05) is 19.1 Å². The highest BCUT2D eigenvalue weighted by Crippen LogP contribution is 2.22. The maximum Gasteiger partial charge on any atom is 0.346 e. The Morgan fingerprint density at radius 2 is 1.59 bits per heavy atom. The Labute approximate surface area is 130 Å². The standard InChI is InChI=1S/C19H20O3/c1-4-14-12-16(10-11-17(14)13(2)3)19(21)22-18(20)15-8-6-5-7-9-15/h5-13H,4H2,1-3H3. The molecule has 0 aliphatic carbocycles. The Bertz CT molecular complexity index is 672. The fourth-order valence-electron chi connectivity index (χ4n) is 2.38. The number of carbonyl (C=O) groups is 2. The first kappa shape index (κ1) is 16.0. The molecule has 0 unspecified atom stereocenters. The third kappa shape index (κ3) is 3.61. The molecule has 0 aromatic heterocycles. The number of esters is 2. The lowest BCUT2D eigenvalue weighted by molar-refractivity contribution is 0.0397. The van der Waals surface area contributed by atoms with Gasteiger partial charge in [0, 0.05) is 0 Å². The molecule has 0 atom stereocenters. The number of ether oxygens (including phenoxy) is 1. The average molecular weight is 296 g/mol. The van der Waals surface area contributed by atoms with Crippen LogP contribution in [-0.2, 0) is 11.2 Å². The summed E-state index contributed by atoms with van der Waals surface area (Å²) < 4.78 is 4.94. The molecule has 114 valence electrons. The Balaban J connectivity index is 2.18. The van der Waals surface area contributed by atoms with Gasteiger partial charge in [0.15, 0.2) is 0 Å². The predicted molar refractivity (Wildman–Crippen MR) is 86.1 cm³/mol. The van der Waals surface area contributed by atoms with Crippen LogP contribution in [0, 0.1) is 0 Å². The zero-order valence-electron chi connectivity index (χ0n) is 13.1. The molecule has 0 saturated carbocycles. The highest BCUT2D eigenvalue weighted by molar-refractivity contribution is 6.02. The number of rotatable bonds is 4. The van der Waals surface area contributed by atoms with Gasteiger partial charge < -0.3 is 4.74 Å². The second kappa shape index (κ2) is 7.03. The summed E-state index contributed by atoms with van der Waals surface area (Å²) in [5.41, 5.74) is 3.10. The fourth-order valence-corrected chi connectivity index (χ4v) is 2.38. The summed E-state index contributed by atoms with van der Waals surface area (Å²) in [4.78, 5) is 24.0. The van der Waals surface area contributed by atoms with Crippen LogP contribution in [0.3, 0.4) is 0 Å². The summed E-state index contributed by atoms with van der Waals surface area (Å²) in [6.45, 7) is 6.28. The molecule has 0 saturated heterocycles. The number of hydrogen-bond donors (Lipinski definition) is 0. The van der Waals surface area contributed by atoms with Crippen LogP contribution in [0.2, 0.25) is 0 Å². The minimum atomic E-state index is -0.628. The van der Waals surface area contributed by atoms with Crippen molar-refractivity contribution in [3.05, 3.63) is 70.8 Å². The topological polar surface area (TPSA) is 43.4 Å². The van der Waals surface area contributed by atoms with Crippen LogP contribution in [0.5, 0.6) is 0 Å². The van der Waals surface area contributed by atoms with Crippen molar-refractivity contribution in [2.45, 2.75) is 33.1 Å². The van der Waals surface area contributed by atoms with E-state index in [0.717, 1.165) is 12.0 Å². The number of aryl methyl sites for hydroxylation is 1. The molecule has 0 fully saturated rings. The van der Waals surface area contributed by atoms with Crippen molar-refractivity contribution in [1.29, 1.82) is 0 Å². The van der Waals surface area contributed by atoms with E-state index in [4.69, 9.17) is 4.74 Å². The molecule has 0 N–H and O–H groups in total. The second-order valence-corrected chi connectivity index (χ2v) is 5.46. The van der Waals surface area contributed by atoms with E-state index in [1.54, 1.807) is 36.4 Å². The van der Waals surface area contributed by atoms with E-state index in [-0.39, 0.29) is 0 Å². The maximum absolute atomic E-state index is 12.1. The molecule has 0 amide bonds. The molecule has 2 aromatic rings. The monoisotopic (exact) mass is 296 g/mol. The van der Waals surface area contributed by atoms with Crippen LogP contribution in [0.25, 0.3) is 0 Å². The summed E-state index contributed by atoms with van der Waals surface area (Å²) in [7, 11) is 0. The molecule has 0 bridgehead atoms. The molecule has 2 rings (SSSR count). The van der Waals surface area contributed by atoms with E-state index in [9.17, 15) is 9.59 Å². The van der Waals surface area contributed by atoms with Gasteiger partial charge in [0.1, 0.15) is 0 Å². The molecule has 3 nitrogen and oxygen atoms in total. The van der Waals surface area contributed by atoms with Gasteiger partial charge in [-0.2, -0.15) is 0 Å². The molecule has 22 heavy (non-hydrogen) atoms. The van der Waals surface area contributed by atoms with Crippen LogP contribution >= 0.6 is 0 Å². The normalized spacial score (nSPS) is 10.5. The molecule has 0 heterocycles. The van der Waals surface area contributed by atoms with Crippen LogP contribution in [-0.4, -0.2) is 11.9 Å². The third-order valence-corrected chi connectivity index (χ3v) is 3.58. The van der Waals surface area contributed by atoms with Gasteiger partial charge in [-0.25, -0.2) is 9.59 Å². The van der Waals surface area contributed by atoms with Crippen LogP contribution in [0.15, 0.2) is 48.5 Å². The lowest BCUT2D eigenvalue weighted by Crippen LogP contribution is -2.13. The van der Waals surface area contributed by atoms with E-state index >= 15 is 0 Å². The highest BCUT2D eigenvalue weighted by Gasteiger charge is 2.16. The van der Waals surface area contributed by atoms with E-state index < -0.39 is 11.9 Å². The summed E-state index contributed by atoms with van der Waals surface area (Å²) in [6.07, 6.45) is 0.835. The van der Waals surface area contributed by atoms with Crippen LogP contribution < -0.4 is 0 Å². The van der Waals surface area contributed by atoms with Gasteiger partial charge in [0.25, 0.3) is 0 Å². The van der Waals surface area contributed by atoms with Crippen molar-refractivity contribution in [1.82, 2.24) is 0 Å².